The van der Waals surface area contributed by atoms with Gasteiger partial charge in [0.15, 0.2) is 0 Å². The summed E-state index contributed by atoms with van der Waals surface area (Å²) in [6.45, 7) is 4.17. The summed E-state index contributed by atoms with van der Waals surface area (Å²) in [6.07, 6.45) is 1.67. The fourth-order valence-electron chi connectivity index (χ4n) is 1.76. The Morgan fingerprint density at radius 2 is 2.00 bits per heavy atom. The maximum atomic E-state index is 6.14. The number of rotatable bonds is 2. The largest absolute Gasteiger partial charge is 0.396 e. The number of benzene rings is 1. The molecule has 0 aliphatic rings. The van der Waals surface area contributed by atoms with Crippen LogP contribution in [0, 0.1) is 0 Å². The van der Waals surface area contributed by atoms with E-state index in [9.17, 15) is 0 Å². The van der Waals surface area contributed by atoms with Crippen molar-refractivity contribution in [3.05, 3.63) is 41.2 Å². The predicted molar refractivity (Wildman–Crippen MR) is 67.1 cm³/mol. The average Bonchev–Trinajstić information content (AvgIpc) is 2.61. The summed E-state index contributed by atoms with van der Waals surface area (Å²) in [5.41, 5.74) is 8.47. The zero-order valence-electron chi connectivity index (χ0n) is 9.31. The smallest absolute Gasteiger partial charge is 0.0835 e. The van der Waals surface area contributed by atoms with Crippen LogP contribution in [0.5, 0.6) is 0 Å². The number of halogens is 1. The molecular formula is C12H14ClN3. The van der Waals surface area contributed by atoms with Crippen molar-refractivity contribution in [3.63, 3.8) is 0 Å². The second kappa shape index (κ2) is 4.18. The highest BCUT2D eigenvalue weighted by molar-refractivity contribution is 6.32. The van der Waals surface area contributed by atoms with E-state index in [1.165, 1.54) is 0 Å². The normalized spacial score (nSPS) is 11.0. The van der Waals surface area contributed by atoms with E-state index in [0.29, 0.717) is 16.6 Å². The summed E-state index contributed by atoms with van der Waals surface area (Å²) >= 11 is 6.14. The van der Waals surface area contributed by atoms with E-state index in [-0.39, 0.29) is 0 Å². The van der Waals surface area contributed by atoms with Crippen LogP contribution in [0.4, 0.5) is 5.69 Å². The quantitative estimate of drug-likeness (QED) is 0.869. The van der Waals surface area contributed by atoms with Gasteiger partial charge in [-0.2, -0.15) is 5.10 Å². The van der Waals surface area contributed by atoms with Crippen molar-refractivity contribution >= 4 is 17.3 Å². The van der Waals surface area contributed by atoms with Crippen LogP contribution in [0.2, 0.25) is 5.02 Å². The standard InChI is InChI=1S/C12H14ClN3/c1-8(2)12-10(14)7-15-16(12)11-6-4-3-5-9(11)13/h3-8H,14H2,1-2H3. The zero-order valence-corrected chi connectivity index (χ0v) is 10.1. The van der Waals surface area contributed by atoms with Gasteiger partial charge >= 0.3 is 0 Å². The minimum atomic E-state index is 0.304. The first-order valence-electron chi connectivity index (χ1n) is 5.19. The molecule has 16 heavy (non-hydrogen) atoms. The van der Waals surface area contributed by atoms with Crippen LogP contribution < -0.4 is 5.73 Å². The maximum Gasteiger partial charge on any atom is 0.0835 e. The SMILES string of the molecule is CC(C)c1c(N)cnn1-c1ccccc1Cl. The van der Waals surface area contributed by atoms with Crippen LogP contribution in [-0.2, 0) is 0 Å². The van der Waals surface area contributed by atoms with E-state index >= 15 is 0 Å². The first kappa shape index (κ1) is 11.0. The third-order valence-electron chi connectivity index (χ3n) is 2.46. The molecular weight excluding hydrogens is 222 g/mol. The number of anilines is 1. The molecule has 1 aromatic carbocycles. The van der Waals surface area contributed by atoms with Gasteiger partial charge in [0.05, 0.1) is 28.3 Å². The molecule has 2 N–H and O–H groups in total. The first-order valence-corrected chi connectivity index (χ1v) is 5.57. The minimum Gasteiger partial charge on any atom is -0.396 e. The summed E-state index contributed by atoms with van der Waals surface area (Å²) in [4.78, 5) is 0. The summed E-state index contributed by atoms with van der Waals surface area (Å²) in [7, 11) is 0. The molecule has 0 saturated heterocycles. The lowest BCUT2D eigenvalue weighted by molar-refractivity contribution is 0.736. The maximum absolute atomic E-state index is 6.14. The molecule has 0 spiro atoms. The Labute approximate surface area is 99.8 Å². The van der Waals surface area contributed by atoms with Crippen LogP contribution in [0.3, 0.4) is 0 Å². The molecule has 0 aliphatic heterocycles. The van der Waals surface area contributed by atoms with Gasteiger partial charge < -0.3 is 5.73 Å². The first-order chi connectivity index (χ1) is 7.61. The van der Waals surface area contributed by atoms with Crippen LogP contribution in [0.25, 0.3) is 5.69 Å². The lowest BCUT2D eigenvalue weighted by Crippen LogP contribution is -2.05. The lowest BCUT2D eigenvalue weighted by atomic mass is 10.1. The molecule has 1 heterocycles. The van der Waals surface area contributed by atoms with E-state index in [2.05, 4.69) is 18.9 Å². The van der Waals surface area contributed by atoms with Gasteiger partial charge in [-0.15, -0.1) is 0 Å². The van der Waals surface area contributed by atoms with Gasteiger partial charge in [-0.05, 0) is 18.1 Å². The van der Waals surface area contributed by atoms with Gasteiger partial charge in [0, 0.05) is 0 Å². The molecule has 0 saturated carbocycles. The summed E-state index contributed by atoms with van der Waals surface area (Å²) < 4.78 is 1.81. The van der Waals surface area contributed by atoms with Gasteiger partial charge in [0.25, 0.3) is 0 Å². The van der Waals surface area contributed by atoms with Crippen molar-refractivity contribution in [2.24, 2.45) is 0 Å². The Balaban J connectivity index is 2.61. The van der Waals surface area contributed by atoms with Crippen LogP contribution in [0.15, 0.2) is 30.5 Å². The topological polar surface area (TPSA) is 43.8 Å². The number of nitrogens with zero attached hydrogens (tertiary/aromatic N) is 2. The minimum absolute atomic E-state index is 0.304. The Kier molecular flexibility index (Phi) is 2.88. The summed E-state index contributed by atoms with van der Waals surface area (Å²) in [5.74, 6) is 0.304. The highest BCUT2D eigenvalue weighted by Gasteiger charge is 2.14. The van der Waals surface area contributed by atoms with Crippen molar-refractivity contribution in [2.45, 2.75) is 19.8 Å². The molecule has 0 atom stereocenters. The molecule has 0 unspecified atom stereocenters. The molecule has 4 heteroatoms. The molecule has 0 fully saturated rings. The Morgan fingerprint density at radius 3 is 2.62 bits per heavy atom. The zero-order chi connectivity index (χ0) is 11.7. The Bertz CT molecular complexity index is 503. The number of hydrogen-bond donors (Lipinski definition) is 1. The van der Waals surface area contributed by atoms with Crippen molar-refractivity contribution in [2.75, 3.05) is 5.73 Å². The van der Waals surface area contributed by atoms with Crippen LogP contribution >= 0.6 is 11.6 Å². The van der Waals surface area contributed by atoms with Crippen LogP contribution in [0.1, 0.15) is 25.5 Å². The van der Waals surface area contributed by atoms with Crippen molar-refractivity contribution in [3.8, 4) is 5.69 Å². The monoisotopic (exact) mass is 235 g/mol. The van der Waals surface area contributed by atoms with E-state index in [1.54, 1.807) is 6.20 Å². The van der Waals surface area contributed by atoms with Gasteiger partial charge in [-0.1, -0.05) is 37.6 Å². The molecule has 0 radical (unpaired) electrons. The molecule has 0 bridgehead atoms. The van der Waals surface area contributed by atoms with Gasteiger partial charge in [0.1, 0.15) is 0 Å². The molecule has 1 aromatic heterocycles. The van der Waals surface area contributed by atoms with Crippen molar-refractivity contribution in [1.82, 2.24) is 9.78 Å². The van der Waals surface area contributed by atoms with Gasteiger partial charge in [-0.25, -0.2) is 4.68 Å². The highest BCUT2D eigenvalue weighted by atomic mass is 35.5. The van der Waals surface area contributed by atoms with E-state index in [1.807, 2.05) is 28.9 Å². The highest BCUT2D eigenvalue weighted by Crippen LogP contribution is 2.27. The Hall–Kier alpha value is -1.48. The molecule has 0 amide bonds. The summed E-state index contributed by atoms with van der Waals surface area (Å²) in [6, 6.07) is 7.61. The van der Waals surface area contributed by atoms with Crippen molar-refractivity contribution in [1.29, 1.82) is 0 Å². The molecule has 84 valence electrons. The third-order valence-corrected chi connectivity index (χ3v) is 2.78. The van der Waals surface area contributed by atoms with Gasteiger partial charge in [0.2, 0.25) is 0 Å². The van der Waals surface area contributed by atoms with E-state index in [4.69, 9.17) is 17.3 Å². The molecule has 2 rings (SSSR count). The number of para-hydroxylation sites is 1. The molecule has 3 nitrogen and oxygen atoms in total. The number of nitrogens with two attached hydrogens (primary N) is 1. The lowest BCUT2D eigenvalue weighted by Gasteiger charge is -2.12. The fraction of sp³-hybridized carbons (Fsp3) is 0.250. The van der Waals surface area contributed by atoms with Gasteiger partial charge in [-0.3, -0.25) is 0 Å². The predicted octanol–water partition coefficient (Wildman–Crippen LogP) is 3.23. The fourth-order valence-corrected chi connectivity index (χ4v) is 1.98. The van der Waals surface area contributed by atoms with E-state index in [0.717, 1.165) is 11.4 Å². The second-order valence-electron chi connectivity index (χ2n) is 4.00. The Morgan fingerprint density at radius 1 is 1.31 bits per heavy atom. The molecule has 2 aromatic rings. The average molecular weight is 236 g/mol. The summed E-state index contributed by atoms with van der Waals surface area (Å²) in [5, 5.41) is 4.95. The number of aromatic nitrogens is 2. The number of hydrogen-bond acceptors (Lipinski definition) is 2. The van der Waals surface area contributed by atoms with Crippen LogP contribution in [-0.4, -0.2) is 9.78 Å². The third kappa shape index (κ3) is 1.78. The molecule has 0 aliphatic carbocycles. The van der Waals surface area contributed by atoms with E-state index < -0.39 is 0 Å². The van der Waals surface area contributed by atoms with Crippen molar-refractivity contribution < 1.29 is 0 Å². The second-order valence-corrected chi connectivity index (χ2v) is 4.41. The number of nitrogen functional groups attached to an aromatic ring is 1.